The van der Waals surface area contributed by atoms with Gasteiger partial charge in [-0.15, -0.1) is 0 Å². The first-order valence-corrected chi connectivity index (χ1v) is 9.45. The Hall–Kier alpha value is -1.14. The Morgan fingerprint density at radius 2 is 1.23 bits per heavy atom. The van der Waals surface area contributed by atoms with Gasteiger partial charge in [-0.1, -0.05) is 0 Å². The van der Waals surface area contributed by atoms with E-state index in [1.165, 1.54) is 6.07 Å². The highest BCUT2D eigenvalue weighted by Crippen LogP contribution is 2.43. The van der Waals surface area contributed by atoms with Crippen LogP contribution in [0.4, 0.5) is 0 Å². The van der Waals surface area contributed by atoms with Gasteiger partial charge in [-0.05, 0) is 53.7 Å². The molecule has 0 aliphatic carbocycles. The van der Waals surface area contributed by atoms with Gasteiger partial charge in [0.15, 0.2) is 16.4 Å². The molecular formula is C15H23ClO5S. The molecule has 22 heavy (non-hydrogen) atoms. The molecule has 1 aromatic carbocycles. The van der Waals surface area contributed by atoms with Gasteiger partial charge in [-0.25, -0.2) is 8.42 Å². The van der Waals surface area contributed by atoms with Crippen LogP contribution in [0.2, 0.25) is 0 Å². The summed E-state index contributed by atoms with van der Waals surface area (Å²) < 4.78 is 40.9. The average molecular weight is 351 g/mol. The Balaban J connectivity index is 3.58. The fourth-order valence-electron chi connectivity index (χ4n) is 1.80. The highest BCUT2D eigenvalue weighted by molar-refractivity contribution is 8.14. The van der Waals surface area contributed by atoms with E-state index in [2.05, 4.69) is 0 Å². The van der Waals surface area contributed by atoms with Crippen molar-refractivity contribution in [3.05, 3.63) is 12.1 Å². The Kier molecular flexibility index (Phi) is 6.38. The van der Waals surface area contributed by atoms with Gasteiger partial charge in [-0.3, -0.25) is 0 Å². The van der Waals surface area contributed by atoms with Gasteiger partial charge >= 0.3 is 0 Å². The van der Waals surface area contributed by atoms with Crippen molar-refractivity contribution in [3.63, 3.8) is 0 Å². The van der Waals surface area contributed by atoms with Gasteiger partial charge in [0.05, 0.1) is 18.3 Å². The minimum Gasteiger partial charge on any atom is -0.489 e. The van der Waals surface area contributed by atoms with Crippen LogP contribution in [-0.2, 0) is 9.05 Å². The predicted molar refractivity (Wildman–Crippen MR) is 86.8 cm³/mol. The van der Waals surface area contributed by atoms with Crippen molar-refractivity contribution in [2.75, 3.05) is 0 Å². The standard InChI is InChI=1S/C15H23ClO5S/c1-9(2)19-12-7-8-13(20-10(3)4)15(22(16,17)18)14(12)21-11(5)6/h7-11H,1-6H3. The lowest BCUT2D eigenvalue weighted by Gasteiger charge is -2.21. The molecule has 7 heteroatoms. The summed E-state index contributed by atoms with van der Waals surface area (Å²) in [5.74, 6) is 0.549. The second-order valence-corrected chi connectivity index (χ2v) is 8.16. The molecule has 0 aromatic heterocycles. The van der Waals surface area contributed by atoms with Gasteiger partial charge in [-0.2, -0.15) is 0 Å². The Morgan fingerprint density at radius 1 is 0.818 bits per heavy atom. The average Bonchev–Trinajstić information content (AvgIpc) is 2.28. The minimum absolute atomic E-state index is 0.0804. The lowest BCUT2D eigenvalue weighted by Crippen LogP contribution is -2.15. The molecule has 0 saturated heterocycles. The van der Waals surface area contributed by atoms with E-state index < -0.39 is 9.05 Å². The molecule has 0 saturated carbocycles. The highest BCUT2D eigenvalue weighted by atomic mass is 35.7. The zero-order chi connectivity index (χ0) is 17.1. The number of ether oxygens (including phenoxy) is 3. The zero-order valence-corrected chi connectivity index (χ0v) is 15.3. The summed E-state index contributed by atoms with van der Waals surface area (Å²) >= 11 is 0. The monoisotopic (exact) mass is 350 g/mol. The summed E-state index contributed by atoms with van der Waals surface area (Å²) in [6.07, 6.45) is -0.598. The first kappa shape index (κ1) is 18.9. The summed E-state index contributed by atoms with van der Waals surface area (Å²) in [6.45, 7) is 10.9. The third-order valence-corrected chi connectivity index (χ3v) is 3.70. The van der Waals surface area contributed by atoms with Gasteiger partial charge < -0.3 is 14.2 Å². The highest BCUT2D eigenvalue weighted by Gasteiger charge is 2.28. The SMILES string of the molecule is CC(C)Oc1ccc(OC(C)C)c(S(=O)(=O)Cl)c1OC(C)C. The molecule has 1 aromatic rings. The van der Waals surface area contributed by atoms with Crippen molar-refractivity contribution in [3.8, 4) is 17.2 Å². The quantitative estimate of drug-likeness (QED) is 0.696. The van der Waals surface area contributed by atoms with E-state index in [-0.39, 0.29) is 34.7 Å². The number of halogens is 1. The number of hydrogen-bond acceptors (Lipinski definition) is 5. The topological polar surface area (TPSA) is 61.8 Å². The van der Waals surface area contributed by atoms with Crippen molar-refractivity contribution in [1.29, 1.82) is 0 Å². The largest absolute Gasteiger partial charge is 0.489 e. The van der Waals surface area contributed by atoms with E-state index in [0.29, 0.717) is 5.75 Å². The molecule has 0 heterocycles. The third kappa shape index (κ3) is 5.25. The predicted octanol–water partition coefficient (Wildman–Crippen LogP) is 3.98. The normalized spacial score (nSPS) is 12.1. The smallest absolute Gasteiger partial charge is 0.268 e. The number of rotatable bonds is 7. The summed E-state index contributed by atoms with van der Waals surface area (Å²) in [4.78, 5) is -0.199. The van der Waals surface area contributed by atoms with Gasteiger partial charge in [0.2, 0.25) is 0 Å². The van der Waals surface area contributed by atoms with Crippen molar-refractivity contribution in [2.24, 2.45) is 0 Å². The minimum atomic E-state index is -4.07. The zero-order valence-electron chi connectivity index (χ0n) is 13.7. The molecule has 0 bridgehead atoms. The molecule has 0 radical (unpaired) electrons. The van der Waals surface area contributed by atoms with E-state index >= 15 is 0 Å². The molecule has 0 spiro atoms. The number of hydrogen-bond donors (Lipinski definition) is 0. The lowest BCUT2D eigenvalue weighted by molar-refractivity contribution is 0.187. The molecule has 5 nitrogen and oxygen atoms in total. The van der Waals surface area contributed by atoms with Crippen molar-refractivity contribution < 1.29 is 22.6 Å². The molecule has 0 unspecified atom stereocenters. The molecule has 1 rings (SSSR count). The van der Waals surface area contributed by atoms with Crippen LogP contribution >= 0.6 is 10.7 Å². The van der Waals surface area contributed by atoms with Crippen LogP contribution in [0.3, 0.4) is 0 Å². The lowest BCUT2D eigenvalue weighted by atomic mass is 10.2. The molecular weight excluding hydrogens is 328 g/mol. The Labute approximate surface area is 136 Å². The maximum Gasteiger partial charge on any atom is 0.268 e. The first-order chi connectivity index (χ1) is 10.0. The fraction of sp³-hybridized carbons (Fsp3) is 0.600. The molecule has 0 aliphatic rings. The Bertz CT molecular complexity index is 609. The van der Waals surface area contributed by atoms with Crippen LogP contribution in [-0.4, -0.2) is 26.7 Å². The van der Waals surface area contributed by atoms with Crippen LogP contribution in [0, 0.1) is 0 Å². The maximum absolute atomic E-state index is 12.0. The van der Waals surface area contributed by atoms with Crippen LogP contribution in [0.15, 0.2) is 17.0 Å². The van der Waals surface area contributed by atoms with Gasteiger partial charge in [0, 0.05) is 10.7 Å². The molecule has 0 amide bonds. The van der Waals surface area contributed by atoms with Gasteiger partial charge in [0.25, 0.3) is 9.05 Å². The summed E-state index contributed by atoms with van der Waals surface area (Å²) in [6, 6.07) is 3.15. The van der Waals surface area contributed by atoms with E-state index in [0.717, 1.165) is 0 Å². The summed E-state index contributed by atoms with van der Waals surface area (Å²) in [7, 11) is 1.53. The third-order valence-electron chi connectivity index (χ3n) is 2.36. The van der Waals surface area contributed by atoms with E-state index in [1.807, 2.05) is 13.8 Å². The summed E-state index contributed by atoms with van der Waals surface area (Å²) in [5.41, 5.74) is 0. The molecule has 0 aliphatic heterocycles. The molecule has 0 fully saturated rings. The van der Waals surface area contributed by atoms with Crippen LogP contribution < -0.4 is 14.2 Å². The summed E-state index contributed by atoms with van der Waals surface area (Å²) in [5, 5.41) is 0. The molecule has 0 atom stereocenters. The number of benzene rings is 1. The van der Waals surface area contributed by atoms with Crippen LogP contribution in [0.5, 0.6) is 17.2 Å². The second kappa shape index (κ2) is 7.42. The van der Waals surface area contributed by atoms with E-state index in [1.54, 1.807) is 33.8 Å². The van der Waals surface area contributed by atoms with Crippen molar-refractivity contribution >= 4 is 19.7 Å². The fourth-order valence-corrected chi connectivity index (χ4v) is 2.96. The second-order valence-electron chi connectivity index (χ2n) is 5.66. The van der Waals surface area contributed by atoms with Gasteiger partial charge in [0.1, 0.15) is 5.75 Å². The van der Waals surface area contributed by atoms with E-state index in [9.17, 15) is 8.42 Å². The molecule has 0 N–H and O–H groups in total. The van der Waals surface area contributed by atoms with Crippen LogP contribution in [0.25, 0.3) is 0 Å². The maximum atomic E-state index is 12.0. The first-order valence-electron chi connectivity index (χ1n) is 7.14. The van der Waals surface area contributed by atoms with Crippen molar-refractivity contribution in [2.45, 2.75) is 64.7 Å². The van der Waals surface area contributed by atoms with Crippen molar-refractivity contribution in [1.82, 2.24) is 0 Å². The molecule has 126 valence electrons. The van der Waals surface area contributed by atoms with Crippen LogP contribution in [0.1, 0.15) is 41.5 Å². The van der Waals surface area contributed by atoms with E-state index in [4.69, 9.17) is 24.9 Å². The Morgan fingerprint density at radius 3 is 1.64 bits per heavy atom.